The molecule has 1 aliphatic heterocycles. The van der Waals surface area contributed by atoms with Crippen LogP contribution in [0.15, 0.2) is 35.1 Å². The Balaban J connectivity index is 1.89. The van der Waals surface area contributed by atoms with Gasteiger partial charge >= 0.3 is 0 Å². The lowest BCUT2D eigenvalue weighted by Gasteiger charge is -2.35. The van der Waals surface area contributed by atoms with Gasteiger partial charge in [-0.3, -0.25) is 4.98 Å². The van der Waals surface area contributed by atoms with Crippen LogP contribution in [-0.4, -0.2) is 30.3 Å². The van der Waals surface area contributed by atoms with Crippen LogP contribution in [-0.2, 0) is 6.42 Å². The van der Waals surface area contributed by atoms with Crippen molar-refractivity contribution in [2.45, 2.75) is 38.4 Å². The molecule has 3 rings (SSSR count). The van der Waals surface area contributed by atoms with E-state index in [0.717, 1.165) is 29.9 Å². The first-order valence-electron chi connectivity index (χ1n) is 8.11. The summed E-state index contributed by atoms with van der Waals surface area (Å²) < 4.78 is 19.0. The fourth-order valence-electron chi connectivity index (χ4n) is 2.89. The van der Waals surface area contributed by atoms with Crippen molar-refractivity contribution in [3.05, 3.63) is 36.4 Å². The minimum absolute atomic E-state index is 0.451. The molecule has 0 amide bonds. The van der Waals surface area contributed by atoms with E-state index >= 15 is 0 Å². The van der Waals surface area contributed by atoms with Crippen molar-refractivity contribution in [1.82, 2.24) is 4.98 Å². The average molecular weight is 318 g/mol. The molecule has 2 aromatic rings. The second-order valence-electron chi connectivity index (χ2n) is 5.96. The molecule has 0 aromatic carbocycles. The van der Waals surface area contributed by atoms with Gasteiger partial charge in [0.05, 0.1) is 29.9 Å². The Morgan fingerprint density at radius 3 is 3.09 bits per heavy atom. The van der Waals surface area contributed by atoms with Crippen LogP contribution in [0.4, 0.5) is 21.6 Å². The van der Waals surface area contributed by atoms with Gasteiger partial charge < -0.3 is 20.4 Å². The van der Waals surface area contributed by atoms with E-state index in [1.807, 2.05) is 18.3 Å². The number of hydrogen-bond acceptors (Lipinski definition) is 5. The molecular formula is C17H23FN4O. The van der Waals surface area contributed by atoms with Crippen LogP contribution < -0.4 is 16.0 Å². The van der Waals surface area contributed by atoms with E-state index in [-0.39, 0.29) is 0 Å². The molecule has 1 aliphatic rings. The van der Waals surface area contributed by atoms with E-state index in [1.54, 1.807) is 6.26 Å². The first-order valence-corrected chi connectivity index (χ1v) is 8.11. The average Bonchev–Trinajstić information content (AvgIpc) is 3.05. The van der Waals surface area contributed by atoms with Gasteiger partial charge in [0, 0.05) is 24.8 Å². The Labute approximate surface area is 135 Å². The van der Waals surface area contributed by atoms with E-state index in [2.05, 4.69) is 28.2 Å². The van der Waals surface area contributed by atoms with Crippen molar-refractivity contribution in [1.29, 1.82) is 0 Å². The number of nitrogens with zero attached hydrogens (tertiary/aromatic N) is 2. The third-order valence-corrected chi connectivity index (χ3v) is 4.14. The Kier molecular flexibility index (Phi) is 4.81. The van der Waals surface area contributed by atoms with Gasteiger partial charge in [-0.25, -0.2) is 4.39 Å². The Hall–Kier alpha value is -2.08. The molecule has 2 unspecified atom stereocenters. The predicted octanol–water partition coefficient (Wildman–Crippen LogP) is 3.25. The molecule has 5 nitrogen and oxygen atoms in total. The van der Waals surface area contributed by atoms with Gasteiger partial charge in [0.1, 0.15) is 6.17 Å². The maximum atomic E-state index is 13.7. The quantitative estimate of drug-likeness (QED) is 0.886. The molecule has 1 saturated heterocycles. The van der Waals surface area contributed by atoms with Crippen molar-refractivity contribution < 1.29 is 8.81 Å². The number of pyridine rings is 1. The fourth-order valence-corrected chi connectivity index (χ4v) is 2.89. The van der Waals surface area contributed by atoms with Crippen molar-refractivity contribution in [2.24, 2.45) is 5.73 Å². The molecule has 2 aromatic heterocycles. The molecule has 3 heterocycles. The number of alkyl halides is 1. The van der Waals surface area contributed by atoms with Gasteiger partial charge in [-0.2, -0.15) is 0 Å². The molecule has 0 bridgehead atoms. The monoisotopic (exact) mass is 318 g/mol. The highest BCUT2D eigenvalue weighted by atomic mass is 19.1. The summed E-state index contributed by atoms with van der Waals surface area (Å²) in [6.45, 7) is 3.28. The van der Waals surface area contributed by atoms with Crippen LogP contribution in [0.2, 0.25) is 0 Å². The number of nitrogens with one attached hydrogen (secondary N) is 1. The molecule has 124 valence electrons. The third-order valence-electron chi connectivity index (χ3n) is 4.14. The van der Waals surface area contributed by atoms with Crippen LogP contribution in [0.1, 0.15) is 25.5 Å². The minimum atomic E-state index is -0.926. The van der Waals surface area contributed by atoms with E-state index in [0.29, 0.717) is 25.4 Å². The normalized spacial score (nSPS) is 21.4. The molecule has 0 spiro atoms. The van der Waals surface area contributed by atoms with Crippen molar-refractivity contribution >= 4 is 17.3 Å². The molecule has 2 atom stereocenters. The van der Waals surface area contributed by atoms with Crippen molar-refractivity contribution in [3.8, 4) is 0 Å². The second kappa shape index (κ2) is 7.00. The number of furan rings is 1. The number of nitrogens with two attached hydrogens (primary N) is 1. The number of aromatic nitrogens is 1. The number of anilines is 3. The van der Waals surface area contributed by atoms with E-state index in [1.165, 1.54) is 0 Å². The van der Waals surface area contributed by atoms with E-state index in [4.69, 9.17) is 10.2 Å². The standard InChI is InChI=1S/C17H23FN4O/c1-2-4-12-9-16(22-7-6-13(18)14(19)11-22)15(10-20-12)21-17-5-3-8-23-17/h3,5,8-10,13-14,21H,2,4,6-7,11,19H2,1H3. The lowest BCUT2D eigenvalue weighted by Crippen LogP contribution is -2.49. The van der Waals surface area contributed by atoms with Gasteiger partial charge in [-0.15, -0.1) is 0 Å². The summed E-state index contributed by atoms with van der Waals surface area (Å²) in [5, 5.41) is 3.24. The highest BCUT2D eigenvalue weighted by Crippen LogP contribution is 2.31. The van der Waals surface area contributed by atoms with Gasteiger partial charge in [0.15, 0.2) is 5.88 Å². The lowest BCUT2D eigenvalue weighted by molar-refractivity contribution is 0.244. The fraction of sp³-hybridized carbons (Fsp3) is 0.471. The van der Waals surface area contributed by atoms with E-state index < -0.39 is 12.2 Å². The molecule has 0 saturated carbocycles. The van der Waals surface area contributed by atoms with Gasteiger partial charge in [0.2, 0.25) is 0 Å². The number of rotatable bonds is 5. The maximum absolute atomic E-state index is 13.7. The van der Waals surface area contributed by atoms with Gasteiger partial charge in [-0.05, 0) is 25.0 Å². The van der Waals surface area contributed by atoms with Gasteiger partial charge in [0.25, 0.3) is 0 Å². The summed E-state index contributed by atoms with van der Waals surface area (Å²) in [5.41, 5.74) is 8.80. The first kappa shape index (κ1) is 15.8. The van der Waals surface area contributed by atoms with Crippen LogP contribution in [0.25, 0.3) is 0 Å². The number of halogens is 1. The number of hydrogen-bond donors (Lipinski definition) is 2. The molecule has 0 aliphatic carbocycles. The molecule has 3 N–H and O–H groups in total. The summed E-state index contributed by atoms with van der Waals surface area (Å²) in [6, 6.07) is 5.29. The second-order valence-corrected chi connectivity index (χ2v) is 5.96. The zero-order valence-corrected chi connectivity index (χ0v) is 13.3. The Morgan fingerprint density at radius 1 is 1.52 bits per heavy atom. The smallest absolute Gasteiger partial charge is 0.197 e. The maximum Gasteiger partial charge on any atom is 0.197 e. The van der Waals surface area contributed by atoms with Crippen LogP contribution in [0.5, 0.6) is 0 Å². The zero-order chi connectivity index (χ0) is 16.2. The van der Waals surface area contributed by atoms with Crippen LogP contribution in [0, 0.1) is 0 Å². The van der Waals surface area contributed by atoms with E-state index in [9.17, 15) is 4.39 Å². The summed E-state index contributed by atoms with van der Waals surface area (Å²) in [6.07, 6.45) is 4.90. The van der Waals surface area contributed by atoms with Crippen molar-refractivity contribution in [2.75, 3.05) is 23.3 Å². The highest BCUT2D eigenvalue weighted by molar-refractivity contribution is 5.73. The third kappa shape index (κ3) is 3.64. The molecular weight excluding hydrogens is 295 g/mol. The summed E-state index contributed by atoms with van der Waals surface area (Å²) in [7, 11) is 0. The summed E-state index contributed by atoms with van der Waals surface area (Å²) in [5.74, 6) is 0.654. The minimum Gasteiger partial charge on any atom is -0.449 e. The number of aryl methyl sites for hydroxylation is 1. The molecule has 0 radical (unpaired) electrons. The van der Waals surface area contributed by atoms with Gasteiger partial charge in [-0.1, -0.05) is 13.3 Å². The predicted molar refractivity (Wildman–Crippen MR) is 89.9 cm³/mol. The molecule has 23 heavy (non-hydrogen) atoms. The highest BCUT2D eigenvalue weighted by Gasteiger charge is 2.27. The molecule has 1 fully saturated rings. The lowest BCUT2D eigenvalue weighted by atomic mass is 10.0. The van der Waals surface area contributed by atoms with Crippen molar-refractivity contribution in [3.63, 3.8) is 0 Å². The zero-order valence-electron chi connectivity index (χ0n) is 13.3. The molecule has 6 heteroatoms. The SMILES string of the molecule is CCCc1cc(N2CCC(F)C(N)C2)c(Nc2ccco2)cn1. The Bertz CT molecular complexity index is 632. The summed E-state index contributed by atoms with van der Waals surface area (Å²) >= 11 is 0. The Morgan fingerprint density at radius 2 is 2.39 bits per heavy atom. The summed E-state index contributed by atoms with van der Waals surface area (Å²) in [4.78, 5) is 6.63. The van der Waals surface area contributed by atoms with Crippen LogP contribution in [0.3, 0.4) is 0 Å². The first-order chi connectivity index (χ1) is 11.2. The largest absolute Gasteiger partial charge is 0.449 e. The topological polar surface area (TPSA) is 67.3 Å². The number of piperidine rings is 1. The van der Waals surface area contributed by atoms with Crippen LogP contribution >= 0.6 is 0 Å².